The molecule has 1 unspecified atom stereocenters. The van der Waals surface area contributed by atoms with E-state index < -0.39 is 12.0 Å². The molecule has 5 rings (SSSR count). The molecule has 4 aromatic rings. The van der Waals surface area contributed by atoms with Crippen molar-refractivity contribution in [1.82, 2.24) is 19.9 Å². The zero-order valence-corrected chi connectivity index (χ0v) is 22.5. The lowest BCUT2D eigenvalue weighted by Gasteiger charge is -2.33. The second kappa shape index (κ2) is 11.7. The number of rotatable bonds is 8. The predicted molar refractivity (Wildman–Crippen MR) is 152 cm³/mol. The number of carboxylic acids is 1. The summed E-state index contributed by atoms with van der Waals surface area (Å²) in [4.78, 5) is 39.8. The molecule has 9 nitrogen and oxygen atoms in total. The van der Waals surface area contributed by atoms with Gasteiger partial charge in [-0.3, -0.25) is 9.59 Å². The van der Waals surface area contributed by atoms with E-state index >= 15 is 0 Å². The third-order valence-corrected chi connectivity index (χ3v) is 6.98. The zero-order valence-electron chi connectivity index (χ0n) is 21.0. The van der Waals surface area contributed by atoms with E-state index in [9.17, 15) is 14.4 Å². The monoisotopic (exact) mass is 575 g/mol. The maximum Gasteiger partial charge on any atom is 0.335 e. The first-order valence-corrected chi connectivity index (χ1v) is 13.1. The summed E-state index contributed by atoms with van der Waals surface area (Å²) in [7, 11) is 0. The van der Waals surface area contributed by atoms with Gasteiger partial charge in [-0.1, -0.05) is 58.7 Å². The number of carbonyl (C=O) groups excluding carboxylic acids is 2. The highest BCUT2D eigenvalue weighted by molar-refractivity contribution is 6.31. The first kappa shape index (κ1) is 27.1. The summed E-state index contributed by atoms with van der Waals surface area (Å²) < 4.78 is 1.52. The van der Waals surface area contributed by atoms with Gasteiger partial charge in [-0.15, -0.1) is 5.10 Å². The van der Waals surface area contributed by atoms with E-state index in [0.717, 1.165) is 11.1 Å². The molecule has 0 saturated carbocycles. The minimum absolute atomic E-state index is 0.108. The van der Waals surface area contributed by atoms with Gasteiger partial charge in [0.1, 0.15) is 6.04 Å². The Labute approximate surface area is 239 Å². The molecule has 1 aliphatic heterocycles. The fourth-order valence-corrected chi connectivity index (χ4v) is 4.91. The highest BCUT2D eigenvalue weighted by atomic mass is 35.5. The van der Waals surface area contributed by atoms with Crippen LogP contribution in [-0.4, -0.2) is 55.4 Å². The Kier molecular flexibility index (Phi) is 7.95. The summed E-state index contributed by atoms with van der Waals surface area (Å²) in [6, 6.07) is 19.8. The normalized spacial score (nSPS) is 14.0. The second-order valence-corrected chi connectivity index (χ2v) is 10.00. The predicted octanol–water partition coefficient (Wildman–Crippen LogP) is 5.14. The van der Waals surface area contributed by atoms with Crippen LogP contribution in [0, 0.1) is 0 Å². The molecule has 2 heterocycles. The van der Waals surface area contributed by atoms with Crippen LogP contribution < -0.4 is 5.32 Å². The van der Waals surface area contributed by atoms with Gasteiger partial charge in [0.25, 0.3) is 0 Å². The minimum Gasteiger partial charge on any atom is -0.478 e. The van der Waals surface area contributed by atoms with Crippen molar-refractivity contribution in [3.8, 4) is 5.69 Å². The van der Waals surface area contributed by atoms with Crippen LogP contribution in [0.5, 0.6) is 0 Å². The number of carboxylic acid groups (broad SMARTS) is 1. The quantitative estimate of drug-likeness (QED) is 0.300. The lowest BCUT2D eigenvalue weighted by atomic mass is 9.95. The summed E-state index contributed by atoms with van der Waals surface area (Å²) in [5.41, 5.74) is 3.56. The van der Waals surface area contributed by atoms with E-state index in [4.69, 9.17) is 28.3 Å². The number of aromatic nitrogens is 3. The molecule has 1 atom stereocenters. The molecule has 2 amide bonds. The van der Waals surface area contributed by atoms with E-state index in [0.29, 0.717) is 34.8 Å². The number of aromatic carboxylic acids is 1. The highest BCUT2D eigenvalue weighted by Gasteiger charge is 2.32. The van der Waals surface area contributed by atoms with Crippen LogP contribution in [0.3, 0.4) is 0 Å². The van der Waals surface area contributed by atoms with Gasteiger partial charge in [-0.2, -0.15) is 0 Å². The number of hydrogen-bond donors (Lipinski definition) is 2. The third kappa shape index (κ3) is 6.06. The maximum atomic E-state index is 13.5. The van der Waals surface area contributed by atoms with Crippen molar-refractivity contribution in [2.45, 2.75) is 18.9 Å². The highest BCUT2D eigenvalue weighted by Crippen LogP contribution is 2.31. The Balaban J connectivity index is 1.43. The molecule has 0 fully saturated rings. The summed E-state index contributed by atoms with van der Waals surface area (Å²) in [6.45, 7) is 0.289. The molecule has 2 N–H and O–H groups in total. The largest absolute Gasteiger partial charge is 0.478 e. The van der Waals surface area contributed by atoms with Crippen molar-refractivity contribution in [2.24, 2.45) is 0 Å². The number of carbonyl (C=O) groups is 3. The standard InChI is InChI=1S/C29H23Cl2N5O4/c30-21-8-11-24(36-17-26(31)33-34-36)23(16-21)20-12-13-35(27(37)15-20)25(14-18-4-2-1-3-5-18)28(38)32-22-9-6-19(7-10-22)29(39)40/h1-11,15-17,25H,12-14H2,(H,32,38)(H,39,40). The zero-order chi connectivity index (χ0) is 28.2. The van der Waals surface area contributed by atoms with Gasteiger partial charge in [0.05, 0.1) is 17.4 Å². The smallest absolute Gasteiger partial charge is 0.335 e. The molecule has 3 aromatic carbocycles. The van der Waals surface area contributed by atoms with Crippen molar-refractivity contribution in [1.29, 1.82) is 0 Å². The van der Waals surface area contributed by atoms with E-state index in [1.54, 1.807) is 29.3 Å². The number of nitrogens with one attached hydrogen (secondary N) is 1. The van der Waals surface area contributed by atoms with Crippen molar-refractivity contribution in [3.63, 3.8) is 0 Å². The molecule has 0 aliphatic carbocycles. The lowest BCUT2D eigenvalue weighted by molar-refractivity contribution is -0.135. The number of nitrogens with zero attached hydrogens (tertiary/aromatic N) is 4. The topological polar surface area (TPSA) is 117 Å². The molecule has 0 bridgehead atoms. The fourth-order valence-electron chi connectivity index (χ4n) is 4.61. The van der Waals surface area contributed by atoms with Gasteiger partial charge in [0, 0.05) is 35.3 Å². The minimum atomic E-state index is -1.06. The SMILES string of the molecule is O=C(O)c1ccc(NC(=O)C(Cc2ccccc2)N2CCC(c3cc(Cl)ccc3-n3cc(Cl)nn3)=CC2=O)cc1. The van der Waals surface area contributed by atoms with Gasteiger partial charge in [-0.05, 0) is 60.0 Å². The first-order valence-electron chi connectivity index (χ1n) is 12.4. The summed E-state index contributed by atoms with van der Waals surface area (Å²) in [6.07, 6.45) is 3.85. The Morgan fingerprint density at radius 3 is 2.42 bits per heavy atom. The van der Waals surface area contributed by atoms with E-state index in [-0.39, 0.29) is 29.1 Å². The number of halogens is 2. The number of hydrogen-bond acceptors (Lipinski definition) is 5. The number of amides is 2. The first-order chi connectivity index (χ1) is 19.3. The van der Waals surface area contributed by atoms with Crippen molar-refractivity contribution >= 4 is 52.2 Å². The van der Waals surface area contributed by atoms with Crippen LogP contribution in [0.2, 0.25) is 10.2 Å². The van der Waals surface area contributed by atoms with Gasteiger partial charge in [0.15, 0.2) is 5.15 Å². The molecule has 0 saturated heterocycles. The van der Waals surface area contributed by atoms with Crippen molar-refractivity contribution < 1.29 is 19.5 Å². The van der Waals surface area contributed by atoms with Crippen LogP contribution in [0.1, 0.15) is 27.9 Å². The molecule has 1 aromatic heterocycles. The van der Waals surface area contributed by atoms with E-state index in [2.05, 4.69) is 15.6 Å². The van der Waals surface area contributed by atoms with Crippen LogP contribution in [0.15, 0.2) is 85.1 Å². The molecule has 0 radical (unpaired) electrons. The Morgan fingerprint density at radius 1 is 1.02 bits per heavy atom. The summed E-state index contributed by atoms with van der Waals surface area (Å²) in [5.74, 6) is -1.75. The van der Waals surface area contributed by atoms with E-state index in [1.807, 2.05) is 30.3 Å². The lowest BCUT2D eigenvalue weighted by Crippen LogP contribution is -2.49. The Morgan fingerprint density at radius 2 is 1.77 bits per heavy atom. The van der Waals surface area contributed by atoms with Gasteiger partial charge >= 0.3 is 5.97 Å². The fraction of sp³-hybridized carbons (Fsp3) is 0.138. The molecule has 40 heavy (non-hydrogen) atoms. The number of benzene rings is 3. The van der Waals surface area contributed by atoms with Gasteiger partial charge in [0.2, 0.25) is 11.8 Å². The van der Waals surface area contributed by atoms with Crippen LogP contribution in [0.4, 0.5) is 5.69 Å². The Hall–Kier alpha value is -4.47. The Bertz CT molecular complexity index is 1600. The molecule has 0 spiro atoms. The summed E-state index contributed by atoms with van der Waals surface area (Å²) in [5, 5.41) is 20.6. The second-order valence-electron chi connectivity index (χ2n) is 9.18. The molecular weight excluding hydrogens is 553 g/mol. The average Bonchev–Trinajstić information content (AvgIpc) is 3.38. The van der Waals surface area contributed by atoms with Crippen LogP contribution in [0.25, 0.3) is 11.3 Å². The molecule has 202 valence electrons. The maximum absolute atomic E-state index is 13.5. The van der Waals surface area contributed by atoms with Crippen molar-refractivity contribution in [3.05, 3.63) is 112 Å². The van der Waals surface area contributed by atoms with E-state index in [1.165, 1.54) is 35.0 Å². The van der Waals surface area contributed by atoms with Crippen LogP contribution in [-0.2, 0) is 16.0 Å². The number of anilines is 1. The molecular formula is C29H23Cl2N5O4. The van der Waals surface area contributed by atoms with Gasteiger partial charge in [-0.25, -0.2) is 9.48 Å². The molecule has 1 aliphatic rings. The van der Waals surface area contributed by atoms with Crippen molar-refractivity contribution in [2.75, 3.05) is 11.9 Å². The summed E-state index contributed by atoms with van der Waals surface area (Å²) >= 11 is 12.3. The molecule has 11 heteroatoms. The third-order valence-electron chi connectivity index (χ3n) is 6.57. The van der Waals surface area contributed by atoms with Gasteiger partial charge < -0.3 is 15.3 Å². The van der Waals surface area contributed by atoms with Crippen LogP contribution >= 0.6 is 23.2 Å². The average molecular weight is 576 g/mol.